The van der Waals surface area contributed by atoms with Gasteiger partial charge in [-0.25, -0.2) is 14.0 Å². The highest BCUT2D eigenvalue weighted by atomic mass is 79.9. The summed E-state index contributed by atoms with van der Waals surface area (Å²) in [5, 5.41) is 3.99. The van der Waals surface area contributed by atoms with Gasteiger partial charge >= 0.3 is 11.7 Å². The molecule has 1 aromatic heterocycles. The normalized spacial score (nSPS) is 10.6. The van der Waals surface area contributed by atoms with E-state index in [0.717, 1.165) is 15.7 Å². The first-order valence-corrected chi connectivity index (χ1v) is 5.80. The van der Waals surface area contributed by atoms with Gasteiger partial charge < -0.3 is 4.74 Å². The molecule has 17 heavy (non-hydrogen) atoms. The minimum Gasteiger partial charge on any atom is -0.467 e. The number of hydrogen-bond acceptors (Lipinski definition) is 3. The maximum atomic E-state index is 11.9. The molecule has 2 rings (SSSR count). The molecule has 90 valence electrons. The minimum absolute atomic E-state index is 0.233. The van der Waals surface area contributed by atoms with E-state index in [-0.39, 0.29) is 11.7 Å². The molecule has 0 aliphatic carbocycles. The Morgan fingerprint density at radius 2 is 2.12 bits per heavy atom. The predicted octanol–water partition coefficient (Wildman–Crippen LogP) is 1.65. The topological polar surface area (TPSA) is 49.1 Å². The van der Waals surface area contributed by atoms with E-state index in [0.29, 0.717) is 0 Å². The fourth-order valence-electron chi connectivity index (χ4n) is 1.56. The molecule has 0 saturated carbocycles. The molecule has 0 bridgehead atoms. The third-order valence-corrected chi connectivity index (χ3v) is 3.37. The van der Waals surface area contributed by atoms with Crippen molar-refractivity contribution in [2.24, 2.45) is 7.05 Å². The Morgan fingerprint density at radius 3 is 2.71 bits per heavy atom. The summed E-state index contributed by atoms with van der Waals surface area (Å²) in [4.78, 5) is 11.9. The Kier molecular flexibility index (Phi) is 3.06. The molecule has 0 spiro atoms. The van der Waals surface area contributed by atoms with Gasteiger partial charge in [-0.05, 0) is 30.7 Å². The van der Waals surface area contributed by atoms with E-state index in [1.54, 1.807) is 7.05 Å². The Balaban J connectivity index is 2.67. The molecule has 5 nitrogen and oxygen atoms in total. The molecular weight excluding hydrogens is 286 g/mol. The van der Waals surface area contributed by atoms with Gasteiger partial charge in [-0.3, -0.25) is 0 Å². The molecule has 0 aliphatic rings. The zero-order chi connectivity index (χ0) is 12.6. The van der Waals surface area contributed by atoms with Gasteiger partial charge in [0.25, 0.3) is 0 Å². The zero-order valence-electron chi connectivity index (χ0n) is 9.77. The number of ether oxygens (including phenoxy) is 1. The first-order chi connectivity index (χ1) is 8.04. The number of methoxy groups -OCH3 is 1. The van der Waals surface area contributed by atoms with Crippen LogP contribution in [-0.4, -0.2) is 21.5 Å². The van der Waals surface area contributed by atoms with Crippen LogP contribution in [0.5, 0.6) is 6.01 Å². The van der Waals surface area contributed by atoms with Crippen LogP contribution >= 0.6 is 15.9 Å². The lowest BCUT2D eigenvalue weighted by atomic mass is 10.2. The van der Waals surface area contributed by atoms with Crippen LogP contribution in [0, 0.1) is 6.92 Å². The molecule has 1 aromatic carbocycles. The maximum absolute atomic E-state index is 11.9. The van der Waals surface area contributed by atoms with Crippen molar-refractivity contribution in [2.45, 2.75) is 6.92 Å². The summed E-state index contributed by atoms with van der Waals surface area (Å²) in [5.41, 5.74) is 1.55. The van der Waals surface area contributed by atoms with Crippen molar-refractivity contribution in [3.8, 4) is 11.7 Å². The van der Waals surface area contributed by atoms with Crippen LogP contribution in [0.2, 0.25) is 0 Å². The van der Waals surface area contributed by atoms with Crippen LogP contribution < -0.4 is 10.4 Å². The van der Waals surface area contributed by atoms with Gasteiger partial charge in [0.1, 0.15) is 0 Å². The van der Waals surface area contributed by atoms with Crippen molar-refractivity contribution in [3.05, 3.63) is 38.7 Å². The van der Waals surface area contributed by atoms with E-state index >= 15 is 0 Å². The highest BCUT2D eigenvalue weighted by molar-refractivity contribution is 9.10. The quantitative estimate of drug-likeness (QED) is 0.847. The van der Waals surface area contributed by atoms with Gasteiger partial charge in [-0.1, -0.05) is 15.9 Å². The van der Waals surface area contributed by atoms with E-state index in [2.05, 4.69) is 21.0 Å². The summed E-state index contributed by atoms with van der Waals surface area (Å²) in [6, 6.07) is 5.90. The van der Waals surface area contributed by atoms with E-state index in [9.17, 15) is 4.79 Å². The first kappa shape index (κ1) is 11.9. The average molecular weight is 298 g/mol. The number of halogens is 1. The lowest BCUT2D eigenvalue weighted by Gasteiger charge is -2.06. The van der Waals surface area contributed by atoms with Gasteiger partial charge in [-0.2, -0.15) is 0 Å². The summed E-state index contributed by atoms with van der Waals surface area (Å²) in [7, 11) is 3.08. The van der Waals surface area contributed by atoms with Crippen LogP contribution in [0.4, 0.5) is 0 Å². The second-order valence-corrected chi connectivity index (χ2v) is 4.52. The average Bonchev–Trinajstić information content (AvgIpc) is 2.59. The van der Waals surface area contributed by atoms with Gasteiger partial charge in [0.15, 0.2) is 0 Å². The number of rotatable bonds is 2. The summed E-state index contributed by atoms with van der Waals surface area (Å²) in [5.74, 6) is 0. The molecule has 0 saturated heterocycles. The van der Waals surface area contributed by atoms with Crippen LogP contribution in [0.25, 0.3) is 5.69 Å². The van der Waals surface area contributed by atoms with Crippen molar-refractivity contribution in [3.63, 3.8) is 0 Å². The molecule has 1 heterocycles. The summed E-state index contributed by atoms with van der Waals surface area (Å²) in [6.45, 7) is 1.96. The van der Waals surface area contributed by atoms with E-state index in [1.807, 2.05) is 25.1 Å². The van der Waals surface area contributed by atoms with E-state index in [1.165, 1.54) is 16.4 Å². The molecule has 0 N–H and O–H groups in total. The van der Waals surface area contributed by atoms with E-state index < -0.39 is 0 Å². The molecule has 0 amide bonds. The molecule has 6 heteroatoms. The fraction of sp³-hybridized carbons (Fsp3) is 0.273. The Morgan fingerprint density at radius 1 is 1.41 bits per heavy atom. The van der Waals surface area contributed by atoms with Crippen LogP contribution in [0.3, 0.4) is 0 Å². The van der Waals surface area contributed by atoms with Crippen LogP contribution in [0.1, 0.15) is 5.56 Å². The summed E-state index contributed by atoms with van der Waals surface area (Å²) >= 11 is 3.42. The molecule has 0 atom stereocenters. The standard InChI is InChI=1S/C11H12BrN3O2/c1-7-6-8(4-5-9(7)12)15-10(17-3)13-14(2)11(15)16/h4-6H,1-3H3. The first-order valence-electron chi connectivity index (χ1n) is 5.01. The van der Waals surface area contributed by atoms with Crippen molar-refractivity contribution in [1.29, 1.82) is 0 Å². The van der Waals surface area contributed by atoms with Crippen molar-refractivity contribution < 1.29 is 4.74 Å². The predicted molar refractivity (Wildman–Crippen MR) is 67.8 cm³/mol. The minimum atomic E-state index is -0.233. The SMILES string of the molecule is COc1nn(C)c(=O)n1-c1ccc(Br)c(C)c1. The molecule has 0 fully saturated rings. The Bertz CT molecular complexity index is 616. The second-order valence-electron chi connectivity index (χ2n) is 3.66. The monoisotopic (exact) mass is 297 g/mol. The molecule has 0 radical (unpaired) electrons. The van der Waals surface area contributed by atoms with Gasteiger partial charge in [0.2, 0.25) is 0 Å². The van der Waals surface area contributed by atoms with Gasteiger partial charge in [0, 0.05) is 11.5 Å². The number of nitrogens with zero attached hydrogens (tertiary/aromatic N) is 3. The molecular formula is C11H12BrN3O2. The van der Waals surface area contributed by atoms with Gasteiger partial charge in [-0.15, -0.1) is 5.10 Å². The largest absolute Gasteiger partial charge is 0.467 e. The van der Waals surface area contributed by atoms with Crippen molar-refractivity contribution in [2.75, 3.05) is 7.11 Å². The maximum Gasteiger partial charge on any atom is 0.353 e. The second kappa shape index (κ2) is 4.37. The van der Waals surface area contributed by atoms with Gasteiger partial charge in [0.05, 0.1) is 12.8 Å². The lowest BCUT2D eigenvalue weighted by Crippen LogP contribution is -2.21. The third kappa shape index (κ3) is 2.00. The Hall–Kier alpha value is -1.56. The van der Waals surface area contributed by atoms with E-state index in [4.69, 9.17) is 4.74 Å². The molecule has 0 aliphatic heterocycles. The number of aromatic nitrogens is 3. The number of benzene rings is 1. The number of aryl methyl sites for hydroxylation is 2. The summed E-state index contributed by atoms with van der Waals surface area (Å²) in [6.07, 6.45) is 0. The zero-order valence-corrected chi connectivity index (χ0v) is 11.4. The molecule has 0 unspecified atom stereocenters. The highest BCUT2D eigenvalue weighted by Crippen LogP contribution is 2.20. The summed E-state index contributed by atoms with van der Waals surface area (Å²) < 4.78 is 8.76. The number of hydrogen-bond donors (Lipinski definition) is 0. The van der Waals surface area contributed by atoms with Crippen LogP contribution in [0.15, 0.2) is 27.5 Å². The smallest absolute Gasteiger partial charge is 0.353 e. The lowest BCUT2D eigenvalue weighted by molar-refractivity contribution is 0.368. The Labute approximate surface area is 107 Å². The van der Waals surface area contributed by atoms with Crippen LogP contribution in [-0.2, 0) is 7.05 Å². The van der Waals surface area contributed by atoms with Crippen molar-refractivity contribution >= 4 is 15.9 Å². The van der Waals surface area contributed by atoms with Crippen molar-refractivity contribution in [1.82, 2.24) is 14.3 Å². The fourth-order valence-corrected chi connectivity index (χ4v) is 1.81. The highest BCUT2D eigenvalue weighted by Gasteiger charge is 2.13. The molecule has 2 aromatic rings. The third-order valence-electron chi connectivity index (χ3n) is 2.48.